The van der Waals surface area contributed by atoms with E-state index >= 15 is 0 Å². The number of imide groups is 1. The number of rotatable bonds is 7. The first-order chi connectivity index (χ1) is 15.2. The van der Waals surface area contributed by atoms with Gasteiger partial charge >= 0.3 is 6.03 Å². The van der Waals surface area contributed by atoms with Crippen LogP contribution in [-0.2, 0) is 31.6 Å². The highest BCUT2D eigenvalue weighted by molar-refractivity contribution is 7.92. The molecule has 4 amide bonds. The molecule has 1 heterocycles. The van der Waals surface area contributed by atoms with Crippen LogP contribution in [0.4, 0.5) is 16.2 Å². The van der Waals surface area contributed by atoms with Crippen molar-refractivity contribution in [2.45, 2.75) is 31.7 Å². The SMILES string of the molecule is CCCS(=O)(=O)Nc1ccc(NC(=O)CN2C(=O)NC3(CCc4ccccc43)C2=O)cc1. The smallest absolute Gasteiger partial charge is 0.325 e. The molecule has 0 radical (unpaired) electrons. The average Bonchev–Trinajstić information content (AvgIpc) is 3.22. The van der Waals surface area contributed by atoms with E-state index in [0.717, 1.165) is 16.0 Å². The molecule has 3 N–H and O–H groups in total. The molecule has 10 heteroatoms. The van der Waals surface area contributed by atoms with Crippen LogP contribution in [0.1, 0.15) is 30.9 Å². The van der Waals surface area contributed by atoms with E-state index in [1.807, 2.05) is 24.3 Å². The predicted octanol–water partition coefficient (Wildman–Crippen LogP) is 2.17. The first kappa shape index (κ1) is 21.8. The van der Waals surface area contributed by atoms with E-state index in [0.29, 0.717) is 30.6 Å². The Morgan fingerprint density at radius 2 is 1.78 bits per heavy atom. The Labute approximate surface area is 186 Å². The van der Waals surface area contributed by atoms with Crippen LogP contribution in [0, 0.1) is 0 Å². The van der Waals surface area contributed by atoms with Gasteiger partial charge in [0.25, 0.3) is 5.91 Å². The fraction of sp³-hybridized carbons (Fsp3) is 0.318. The van der Waals surface area contributed by atoms with Crippen LogP contribution >= 0.6 is 0 Å². The Balaban J connectivity index is 1.41. The van der Waals surface area contributed by atoms with Gasteiger partial charge in [0.05, 0.1) is 5.75 Å². The van der Waals surface area contributed by atoms with E-state index in [-0.39, 0.29) is 5.75 Å². The molecule has 32 heavy (non-hydrogen) atoms. The first-order valence-corrected chi connectivity index (χ1v) is 12.0. The summed E-state index contributed by atoms with van der Waals surface area (Å²) in [7, 11) is -3.41. The highest BCUT2D eigenvalue weighted by atomic mass is 32.2. The molecule has 4 rings (SSSR count). The van der Waals surface area contributed by atoms with Crippen molar-refractivity contribution in [1.82, 2.24) is 10.2 Å². The molecule has 1 spiro atoms. The van der Waals surface area contributed by atoms with Crippen LogP contribution in [-0.4, -0.2) is 43.5 Å². The van der Waals surface area contributed by atoms with Gasteiger partial charge in [0, 0.05) is 11.4 Å². The number of carbonyl (C=O) groups excluding carboxylic acids is 3. The van der Waals surface area contributed by atoms with Crippen molar-refractivity contribution in [3.8, 4) is 0 Å². The molecular weight excluding hydrogens is 432 g/mol. The monoisotopic (exact) mass is 456 g/mol. The van der Waals surface area contributed by atoms with Gasteiger partial charge < -0.3 is 10.6 Å². The summed E-state index contributed by atoms with van der Waals surface area (Å²) in [6.45, 7) is 1.36. The highest BCUT2D eigenvalue weighted by Crippen LogP contribution is 2.41. The number of hydrogen-bond donors (Lipinski definition) is 3. The second-order valence-electron chi connectivity index (χ2n) is 7.93. The summed E-state index contributed by atoms with van der Waals surface area (Å²) in [4.78, 5) is 39.1. The van der Waals surface area contributed by atoms with Gasteiger partial charge in [-0.25, -0.2) is 13.2 Å². The number of benzene rings is 2. The fourth-order valence-electron chi connectivity index (χ4n) is 4.20. The van der Waals surface area contributed by atoms with Crippen molar-refractivity contribution in [1.29, 1.82) is 0 Å². The van der Waals surface area contributed by atoms with Crippen LogP contribution < -0.4 is 15.4 Å². The van der Waals surface area contributed by atoms with E-state index in [1.165, 1.54) is 12.1 Å². The summed E-state index contributed by atoms with van der Waals surface area (Å²) in [6.07, 6.45) is 1.64. The van der Waals surface area contributed by atoms with Gasteiger partial charge in [0.2, 0.25) is 15.9 Å². The fourth-order valence-corrected chi connectivity index (χ4v) is 5.33. The Bertz CT molecular complexity index is 1180. The van der Waals surface area contributed by atoms with Crippen LogP contribution in [0.25, 0.3) is 0 Å². The molecule has 1 atom stereocenters. The van der Waals surface area contributed by atoms with Crippen molar-refractivity contribution in [2.75, 3.05) is 22.3 Å². The molecule has 0 saturated carbocycles. The average molecular weight is 457 g/mol. The molecule has 9 nitrogen and oxygen atoms in total. The molecule has 2 aromatic carbocycles. The van der Waals surface area contributed by atoms with Crippen LogP contribution in [0.5, 0.6) is 0 Å². The summed E-state index contributed by atoms with van der Waals surface area (Å²) in [5.74, 6) is -0.942. The summed E-state index contributed by atoms with van der Waals surface area (Å²) in [6, 6.07) is 13.0. The van der Waals surface area contributed by atoms with Gasteiger partial charge in [-0.3, -0.25) is 19.2 Å². The standard InChI is InChI=1S/C22H24N4O5S/c1-2-13-32(30,31)25-17-9-7-16(8-10-17)23-19(27)14-26-20(28)22(24-21(26)29)12-11-15-5-3-4-6-18(15)22/h3-10,25H,2,11-14H2,1H3,(H,23,27)(H,24,29). The Hall–Kier alpha value is -3.40. The van der Waals surface area contributed by atoms with Gasteiger partial charge in [0.1, 0.15) is 12.1 Å². The molecule has 1 saturated heterocycles. The number of urea groups is 1. The zero-order valence-corrected chi connectivity index (χ0v) is 18.4. The lowest BCUT2D eigenvalue weighted by atomic mass is 9.92. The van der Waals surface area contributed by atoms with E-state index < -0.39 is 40.0 Å². The lowest BCUT2D eigenvalue weighted by molar-refractivity contribution is -0.134. The number of amides is 4. The topological polar surface area (TPSA) is 125 Å². The minimum atomic E-state index is -3.41. The predicted molar refractivity (Wildman–Crippen MR) is 119 cm³/mol. The molecule has 1 aliphatic heterocycles. The van der Waals surface area contributed by atoms with Gasteiger partial charge in [-0.1, -0.05) is 31.2 Å². The van der Waals surface area contributed by atoms with Crippen LogP contribution in [0.2, 0.25) is 0 Å². The number of hydrogen-bond acceptors (Lipinski definition) is 5. The number of carbonyl (C=O) groups is 3. The zero-order chi connectivity index (χ0) is 22.9. The maximum absolute atomic E-state index is 13.1. The van der Waals surface area contributed by atoms with Crippen molar-refractivity contribution in [3.63, 3.8) is 0 Å². The van der Waals surface area contributed by atoms with E-state index in [9.17, 15) is 22.8 Å². The zero-order valence-electron chi connectivity index (χ0n) is 17.6. The van der Waals surface area contributed by atoms with Crippen molar-refractivity contribution >= 4 is 39.2 Å². The lowest BCUT2D eigenvalue weighted by Crippen LogP contribution is -2.42. The number of nitrogens with zero attached hydrogens (tertiary/aromatic N) is 1. The summed E-state index contributed by atoms with van der Waals surface area (Å²) < 4.78 is 26.1. The molecular formula is C22H24N4O5S. The first-order valence-electron chi connectivity index (χ1n) is 10.4. The van der Waals surface area contributed by atoms with Crippen LogP contribution in [0.15, 0.2) is 48.5 Å². The Morgan fingerprint density at radius 3 is 2.50 bits per heavy atom. The van der Waals surface area contributed by atoms with Gasteiger partial charge in [-0.05, 0) is 54.7 Å². The van der Waals surface area contributed by atoms with E-state index in [4.69, 9.17) is 0 Å². The van der Waals surface area contributed by atoms with Crippen molar-refractivity contribution in [2.24, 2.45) is 0 Å². The normalized spacial score (nSPS) is 19.7. The molecule has 2 aromatic rings. The molecule has 1 fully saturated rings. The molecule has 0 bridgehead atoms. The van der Waals surface area contributed by atoms with Gasteiger partial charge in [0.15, 0.2) is 0 Å². The lowest BCUT2D eigenvalue weighted by Gasteiger charge is -2.22. The van der Waals surface area contributed by atoms with Crippen molar-refractivity contribution < 1.29 is 22.8 Å². The minimum absolute atomic E-state index is 0.0172. The highest BCUT2D eigenvalue weighted by Gasteiger charge is 2.55. The molecule has 168 valence electrons. The van der Waals surface area contributed by atoms with Gasteiger partial charge in [-0.15, -0.1) is 0 Å². The summed E-state index contributed by atoms with van der Waals surface area (Å²) in [5, 5.41) is 5.42. The maximum Gasteiger partial charge on any atom is 0.325 e. The number of anilines is 2. The molecule has 1 aliphatic carbocycles. The summed E-state index contributed by atoms with van der Waals surface area (Å²) in [5.41, 5.74) is 1.49. The Morgan fingerprint density at radius 1 is 1.09 bits per heavy atom. The van der Waals surface area contributed by atoms with E-state index in [1.54, 1.807) is 19.1 Å². The third kappa shape index (κ3) is 4.05. The minimum Gasteiger partial charge on any atom is -0.325 e. The number of fused-ring (bicyclic) bond motifs is 2. The largest absolute Gasteiger partial charge is 0.325 e. The second-order valence-corrected chi connectivity index (χ2v) is 9.77. The van der Waals surface area contributed by atoms with Crippen LogP contribution in [0.3, 0.4) is 0 Å². The maximum atomic E-state index is 13.1. The summed E-state index contributed by atoms with van der Waals surface area (Å²) >= 11 is 0. The molecule has 2 aliphatic rings. The molecule has 0 aromatic heterocycles. The molecule has 1 unspecified atom stereocenters. The van der Waals surface area contributed by atoms with E-state index in [2.05, 4.69) is 15.4 Å². The van der Waals surface area contributed by atoms with Crippen molar-refractivity contribution in [3.05, 3.63) is 59.7 Å². The third-order valence-electron chi connectivity index (χ3n) is 5.64. The quantitative estimate of drug-likeness (QED) is 0.551. The Kier molecular flexibility index (Phi) is 5.64. The van der Waals surface area contributed by atoms with Gasteiger partial charge in [-0.2, -0.15) is 0 Å². The number of aryl methyl sites for hydroxylation is 1. The third-order valence-corrected chi connectivity index (χ3v) is 7.13. The second kappa shape index (κ2) is 8.27. The number of sulfonamides is 1. The number of nitrogens with one attached hydrogen (secondary N) is 3.